The van der Waals surface area contributed by atoms with Crippen molar-refractivity contribution in [3.8, 4) is 6.07 Å². The molecule has 0 radical (unpaired) electrons. The van der Waals surface area contributed by atoms with Gasteiger partial charge in [0.25, 0.3) is 5.91 Å². The summed E-state index contributed by atoms with van der Waals surface area (Å²) in [6.07, 6.45) is 1.74. The average molecular weight is 355 g/mol. The SMILES string of the molecule is N#Cc1ccc(C(=O)Nc2cccc(S(=O)(=O)N3CCCC3)c2)cc1. The van der Waals surface area contributed by atoms with Crippen LogP contribution in [0.2, 0.25) is 0 Å². The Bertz CT molecular complexity index is 925. The van der Waals surface area contributed by atoms with Crippen LogP contribution >= 0.6 is 0 Å². The quantitative estimate of drug-likeness (QED) is 0.913. The molecule has 1 aliphatic heterocycles. The van der Waals surface area contributed by atoms with Crippen molar-refractivity contribution in [2.75, 3.05) is 18.4 Å². The van der Waals surface area contributed by atoms with E-state index in [1.165, 1.54) is 16.4 Å². The minimum absolute atomic E-state index is 0.173. The van der Waals surface area contributed by atoms with E-state index in [4.69, 9.17) is 5.26 Å². The largest absolute Gasteiger partial charge is 0.322 e. The van der Waals surface area contributed by atoms with Gasteiger partial charge in [-0.05, 0) is 55.3 Å². The van der Waals surface area contributed by atoms with Crippen LogP contribution in [0.1, 0.15) is 28.8 Å². The van der Waals surface area contributed by atoms with Crippen LogP contribution in [0.5, 0.6) is 0 Å². The summed E-state index contributed by atoms with van der Waals surface area (Å²) < 4.78 is 26.7. The molecule has 0 aromatic heterocycles. The van der Waals surface area contributed by atoms with Crippen molar-refractivity contribution in [2.45, 2.75) is 17.7 Å². The van der Waals surface area contributed by atoms with Gasteiger partial charge in [-0.2, -0.15) is 9.57 Å². The van der Waals surface area contributed by atoms with Crippen LogP contribution in [-0.4, -0.2) is 31.7 Å². The second-order valence-electron chi connectivity index (χ2n) is 5.78. The maximum atomic E-state index is 12.6. The fourth-order valence-electron chi connectivity index (χ4n) is 2.71. The summed E-state index contributed by atoms with van der Waals surface area (Å²) in [4.78, 5) is 12.5. The third-order valence-electron chi connectivity index (χ3n) is 4.07. The Hall–Kier alpha value is -2.69. The molecule has 0 aliphatic carbocycles. The number of rotatable bonds is 4. The number of hydrogen-bond acceptors (Lipinski definition) is 4. The van der Waals surface area contributed by atoms with E-state index in [1.807, 2.05) is 6.07 Å². The molecule has 2 aromatic carbocycles. The monoisotopic (exact) mass is 355 g/mol. The molecule has 2 aromatic rings. The fourth-order valence-corrected chi connectivity index (χ4v) is 4.27. The van der Waals surface area contributed by atoms with E-state index in [0.717, 1.165) is 12.8 Å². The fraction of sp³-hybridized carbons (Fsp3) is 0.222. The zero-order valence-electron chi connectivity index (χ0n) is 13.5. The molecule has 1 N–H and O–H groups in total. The van der Waals surface area contributed by atoms with Crippen molar-refractivity contribution in [1.82, 2.24) is 4.31 Å². The summed E-state index contributed by atoms with van der Waals surface area (Å²) >= 11 is 0. The Balaban J connectivity index is 1.79. The van der Waals surface area contributed by atoms with Crippen LogP contribution in [-0.2, 0) is 10.0 Å². The summed E-state index contributed by atoms with van der Waals surface area (Å²) in [5, 5.41) is 11.5. The molecule has 0 atom stereocenters. The maximum absolute atomic E-state index is 12.6. The van der Waals surface area contributed by atoms with Crippen LogP contribution in [0.25, 0.3) is 0 Å². The summed E-state index contributed by atoms with van der Waals surface area (Å²) in [5.41, 5.74) is 1.27. The molecular formula is C18H17N3O3S. The molecule has 0 unspecified atom stereocenters. The Labute approximate surface area is 146 Å². The van der Waals surface area contributed by atoms with E-state index >= 15 is 0 Å². The highest BCUT2D eigenvalue weighted by atomic mass is 32.2. The Kier molecular flexibility index (Phi) is 4.83. The molecule has 25 heavy (non-hydrogen) atoms. The van der Waals surface area contributed by atoms with Gasteiger partial charge in [0.1, 0.15) is 0 Å². The Morgan fingerprint density at radius 2 is 1.76 bits per heavy atom. The minimum atomic E-state index is -3.52. The number of carbonyl (C=O) groups excluding carboxylic acids is 1. The third kappa shape index (κ3) is 3.71. The van der Waals surface area contributed by atoms with Gasteiger partial charge in [-0.1, -0.05) is 6.07 Å². The number of benzene rings is 2. The van der Waals surface area contributed by atoms with Crippen LogP contribution in [0.4, 0.5) is 5.69 Å². The summed E-state index contributed by atoms with van der Waals surface area (Å²) in [6, 6.07) is 14.5. The summed E-state index contributed by atoms with van der Waals surface area (Å²) in [6.45, 7) is 1.06. The zero-order valence-corrected chi connectivity index (χ0v) is 14.3. The molecule has 3 rings (SSSR count). The lowest BCUT2D eigenvalue weighted by Crippen LogP contribution is -2.27. The second kappa shape index (κ2) is 7.05. The predicted molar refractivity (Wildman–Crippen MR) is 93.5 cm³/mol. The Morgan fingerprint density at radius 1 is 1.08 bits per heavy atom. The second-order valence-corrected chi connectivity index (χ2v) is 7.72. The average Bonchev–Trinajstić information content (AvgIpc) is 3.17. The molecule has 7 heteroatoms. The van der Waals surface area contributed by atoms with Gasteiger partial charge in [-0.3, -0.25) is 4.79 Å². The molecule has 0 bridgehead atoms. The lowest BCUT2D eigenvalue weighted by molar-refractivity contribution is 0.102. The number of amides is 1. The minimum Gasteiger partial charge on any atom is -0.322 e. The maximum Gasteiger partial charge on any atom is 0.255 e. The van der Waals surface area contributed by atoms with Crippen molar-refractivity contribution in [3.63, 3.8) is 0 Å². The highest BCUT2D eigenvalue weighted by Crippen LogP contribution is 2.23. The highest BCUT2D eigenvalue weighted by molar-refractivity contribution is 7.89. The van der Waals surface area contributed by atoms with Gasteiger partial charge in [0, 0.05) is 24.3 Å². The number of carbonyl (C=O) groups is 1. The molecular weight excluding hydrogens is 338 g/mol. The smallest absolute Gasteiger partial charge is 0.255 e. The van der Waals surface area contributed by atoms with Crippen LogP contribution in [0, 0.1) is 11.3 Å². The number of hydrogen-bond donors (Lipinski definition) is 1. The van der Waals surface area contributed by atoms with E-state index in [1.54, 1.807) is 36.4 Å². The topological polar surface area (TPSA) is 90.3 Å². The number of anilines is 1. The van der Waals surface area contributed by atoms with Crippen molar-refractivity contribution < 1.29 is 13.2 Å². The molecule has 1 aliphatic rings. The molecule has 6 nitrogen and oxygen atoms in total. The van der Waals surface area contributed by atoms with Crippen LogP contribution < -0.4 is 5.32 Å². The van der Waals surface area contributed by atoms with E-state index in [2.05, 4.69) is 5.32 Å². The normalized spacial score (nSPS) is 14.8. The lowest BCUT2D eigenvalue weighted by atomic mass is 10.1. The lowest BCUT2D eigenvalue weighted by Gasteiger charge is -2.16. The number of nitriles is 1. The first kappa shape index (κ1) is 17.1. The van der Waals surface area contributed by atoms with Gasteiger partial charge in [0.05, 0.1) is 16.5 Å². The summed E-state index contributed by atoms with van der Waals surface area (Å²) in [5.74, 6) is -0.361. The van der Waals surface area contributed by atoms with Crippen LogP contribution in [0.15, 0.2) is 53.4 Å². The van der Waals surface area contributed by atoms with Gasteiger partial charge in [-0.25, -0.2) is 8.42 Å². The van der Waals surface area contributed by atoms with Crippen molar-refractivity contribution in [3.05, 3.63) is 59.7 Å². The number of nitrogens with one attached hydrogen (secondary N) is 1. The van der Waals surface area contributed by atoms with E-state index in [-0.39, 0.29) is 10.8 Å². The standard InChI is InChI=1S/C18H17N3O3S/c19-13-14-6-8-15(9-7-14)18(22)20-16-4-3-5-17(12-16)25(23,24)21-10-1-2-11-21/h3-9,12H,1-2,10-11H2,(H,20,22). The molecule has 1 amide bonds. The predicted octanol–water partition coefficient (Wildman–Crippen LogP) is 2.60. The van der Waals surface area contributed by atoms with Gasteiger partial charge in [0.15, 0.2) is 0 Å². The van der Waals surface area contributed by atoms with E-state index in [0.29, 0.717) is 29.9 Å². The van der Waals surface area contributed by atoms with Crippen molar-refractivity contribution in [2.24, 2.45) is 0 Å². The first-order chi connectivity index (χ1) is 12.0. The van der Waals surface area contributed by atoms with Gasteiger partial charge in [0.2, 0.25) is 10.0 Å². The molecule has 1 saturated heterocycles. The van der Waals surface area contributed by atoms with Crippen LogP contribution in [0.3, 0.4) is 0 Å². The van der Waals surface area contributed by atoms with E-state index < -0.39 is 10.0 Å². The molecule has 0 spiro atoms. The van der Waals surface area contributed by atoms with Gasteiger partial charge >= 0.3 is 0 Å². The number of nitrogens with zero attached hydrogens (tertiary/aromatic N) is 2. The summed E-state index contributed by atoms with van der Waals surface area (Å²) in [7, 11) is -3.52. The molecule has 0 saturated carbocycles. The molecule has 128 valence electrons. The van der Waals surface area contributed by atoms with Gasteiger partial charge < -0.3 is 5.32 Å². The zero-order chi connectivity index (χ0) is 17.9. The van der Waals surface area contributed by atoms with Crippen molar-refractivity contribution >= 4 is 21.6 Å². The first-order valence-electron chi connectivity index (χ1n) is 7.92. The van der Waals surface area contributed by atoms with Gasteiger partial charge in [-0.15, -0.1) is 0 Å². The van der Waals surface area contributed by atoms with Crippen molar-refractivity contribution in [1.29, 1.82) is 5.26 Å². The number of sulfonamides is 1. The first-order valence-corrected chi connectivity index (χ1v) is 9.36. The molecule has 1 fully saturated rings. The molecule has 1 heterocycles. The Morgan fingerprint density at radius 3 is 2.40 bits per heavy atom. The van der Waals surface area contributed by atoms with E-state index in [9.17, 15) is 13.2 Å². The highest BCUT2D eigenvalue weighted by Gasteiger charge is 2.27. The third-order valence-corrected chi connectivity index (χ3v) is 5.97.